The van der Waals surface area contributed by atoms with E-state index in [1.54, 1.807) is 0 Å². The number of anilines is 3. The predicted octanol–water partition coefficient (Wildman–Crippen LogP) is 16.9. The van der Waals surface area contributed by atoms with Gasteiger partial charge in [0.2, 0.25) is 0 Å². The maximum absolute atomic E-state index is 2.47. The molecule has 1 aliphatic rings. The van der Waals surface area contributed by atoms with Crippen LogP contribution in [0.25, 0.3) is 64.7 Å². The van der Waals surface area contributed by atoms with E-state index in [0.717, 1.165) is 17.1 Å². The molecule has 1 aliphatic carbocycles. The molecule has 0 saturated carbocycles. The molecule has 1 heterocycles. The first-order chi connectivity index (χ1) is 31.3. The minimum Gasteiger partial charge on any atom is -0.310 e. The number of nitrogens with zero attached hydrogens (tertiary/aromatic N) is 1. The van der Waals surface area contributed by atoms with Crippen LogP contribution in [0.15, 0.2) is 249 Å². The summed E-state index contributed by atoms with van der Waals surface area (Å²) in [4.78, 5) is 2.47. The van der Waals surface area contributed by atoms with E-state index < -0.39 is 5.41 Å². The van der Waals surface area contributed by atoms with Crippen molar-refractivity contribution in [1.82, 2.24) is 0 Å². The largest absolute Gasteiger partial charge is 0.310 e. The molecule has 0 N–H and O–H groups in total. The number of rotatable bonds is 8. The molecule has 296 valence electrons. The maximum Gasteiger partial charge on any atom is 0.0714 e. The molecule has 2 heteroatoms. The second-order valence-electron chi connectivity index (χ2n) is 16.4. The molecule has 1 nitrogen and oxygen atoms in total. The summed E-state index contributed by atoms with van der Waals surface area (Å²) in [6, 6.07) is 91.5. The Hall–Kier alpha value is -7.78. The van der Waals surface area contributed by atoms with Gasteiger partial charge in [0, 0.05) is 37.1 Å². The lowest BCUT2D eigenvalue weighted by atomic mass is 9.67. The van der Waals surface area contributed by atoms with Gasteiger partial charge < -0.3 is 4.90 Å². The smallest absolute Gasteiger partial charge is 0.0714 e. The van der Waals surface area contributed by atoms with Crippen LogP contribution in [0.1, 0.15) is 22.3 Å². The predicted molar refractivity (Wildman–Crippen MR) is 268 cm³/mol. The van der Waals surface area contributed by atoms with Crippen LogP contribution < -0.4 is 4.90 Å². The summed E-state index contributed by atoms with van der Waals surface area (Å²) in [6.07, 6.45) is 0. The van der Waals surface area contributed by atoms with E-state index in [0.29, 0.717) is 0 Å². The zero-order valence-electron chi connectivity index (χ0n) is 34.5. The molecule has 0 fully saturated rings. The molecular formula is C61H41NS. The molecule has 12 rings (SSSR count). The van der Waals surface area contributed by atoms with E-state index in [-0.39, 0.29) is 0 Å². The van der Waals surface area contributed by atoms with Gasteiger partial charge in [0.25, 0.3) is 0 Å². The monoisotopic (exact) mass is 819 g/mol. The molecule has 63 heavy (non-hydrogen) atoms. The fourth-order valence-corrected chi connectivity index (χ4v) is 11.4. The van der Waals surface area contributed by atoms with Crippen LogP contribution in [-0.2, 0) is 5.41 Å². The molecule has 0 aliphatic heterocycles. The van der Waals surface area contributed by atoms with Gasteiger partial charge in [0.15, 0.2) is 0 Å². The van der Waals surface area contributed by atoms with Gasteiger partial charge in [0.1, 0.15) is 0 Å². The highest BCUT2D eigenvalue weighted by atomic mass is 32.1. The summed E-state index contributed by atoms with van der Waals surface area (Å²) in [6.45, 7) is 0. The zero-order chi connectivity index (χ0) is 41.7. The number of benzene rings is 10. The Morgan fingerprint density at radius 2 is 0.841 bits per heavy atom. The van der Waals surface area contributed by atoms with Crippen LogP contribution in [-0.4, -0.2) is 0 Å². The van der Waals surface area contributed by atoms with Crippen LogP contribution in [0.3, 0.4) is 0 Å². The maximum atomic E-state index is 2.47. The van der Waals surface area contributed by atoms with Crippen molar-refractivity contribution < 1.29 is 0 Å². The molecule has 1 unspecified atom stereocenters. The molecule has 0 bridgehead atoms. The lowest BCUT2D eigenvalue weighted by Crippen LogP contribution is -2.28. The van der Waals surface area contributed by atoms with Gasteiger partial charge in [-0.15, -0.1) is 11.3 Å². The van der Waals surface area contributed by atoms with Crippen LogP contribution in [0.2, 0.25) is 0 Å². The van der Waals surface area contributed by atoms with Crippen LogP contribution in [0.4, 0.5) is 17.1 Å². The Morgan fingerprint density at radius 3 is 1.59 bits per heavy atom. The average Bonchev–Trinajstić information content (AvgIpc) is 3.90. The van der Waals surface area contributed by atoms with Crippen molar-refractivity contribution in [3.05, 3.63) is 271 Å². The second-order valence-corrected chi connectivity index (χ2v) is 17.4. The topological polar surface area (TPSA) is 3.24 Å². The number of hydrogen-bond donors (Lipinski definition) is 0. The summed E-state index contributed by atoms with van der Waals surface area (Å²) >= 11 is 1.88. The summed E-state index contributed by atoms with van der Waals surface area (Å²) in [5.74, 6) is 0. The molecular weight excluding hydrogens is 779 g/mol. The van der Waals surface area contributed by atoms with E-state index in [4.69, 9.17) is 0 Å². The van der Waals surface area contributed by atoms with Crippen LogP contribution in [0, 0.1) is 0 Å². The highest BCUT2D eigenvalue weighted by Gasteiger charge is 2.47. The van der Waals surface area contributed by atoms with Crippen LogP contribution in [0.5, 0.6) is 0 Å². The third kappa shape index (κ3) is 6.06. The van der Waals surface area contributed by atoms with E-state index in [9.17, 15) is 0 Å². The first kappa shape index (κ1) is 37.0. The normalized spacial score (nSPS) is 14.1. The number of thiophene rings is 1. The minimum absolute atomic E-state index is 0.566. The number of hydrogen-bond acceptors (Lipinski definition) is 2. The van der Waals surface area contributed by atoms with Gasteiger partial charge in [-0.2, -0.15) is 0 Å². The van der Waals surface area contributed by atoms with Crippen molar-refractivity contribution >= 4 is 48.6 Å². The molecule has 1 atom stereocenters. The van der Waals surface area contributed by atoms with Gasteiger partial charge in [-0.05, 0) is 104 Å². The first-order valence-corrected chi connectivity index (χ1v) is 22.5. The van der Waals surface area contributed by atoms with Crippen molar-refractivity contribution in [3.8, 4) is 44.5 Å². The van der Waals surface area contributed by atoms with Gasteiger partial charge in [-0.1, -0.05) is 206 Å². The molecule has 1 aromatic heterocycles. The van der Waals surface area contributed by atoms with E-state index in [1.165, 1.54) is 86.9 Å². The van der Waals surface area contributed by atoms with E-state index in [2.05, 4.69) is 254 Å². The van der Waals surface area contributed by atoms with Crippen molar-refractivity contribution in [2.45, 2.75) is 5.41 Å². The Bertz CT molecular complexity index is 3430. The third-order valence-electron chi connectivity index (χ3n) is 13.0. The van der Waals surface area contributed by atoms with E-state index >= 15 is 0 Å². The van der Waals surface area contributed by atoms with Gasteiger partial charge >= 0.3 is 0 Å². The Labute approximate surface area is 372 Å². The molecule has 0 amide bonds. The lowest BCUT2D eigenvalue weighted by Gasteiger charge is -2.35. The Balaban J connectivity index is 1.08. The van der Waals surface area contributed by atoms with Gasteiger partial charge in [0.05, 0.1) is 11.1 Å². The highest BCUT2D eigenvalue weighted by molar-refractivity contribution is 7.26. The summed E-state index contributed by atoms with van der Waals surface area (Å²) in [5.41, 5.74) is 17.6. The average molecular weight is 820 g/mol. The molecule has 0 saturated heterocycles. The van der Waals surface area contributed by atoms with Crippen molar-refractivity contribution in [1.29, 1.82) is 0 Å². The Kier molecular flexibility index (Phi) is 8.98. The lowest BCUT2D eigenvalue weighted by molar-refractivity contribution is 0.769. The minimum atomic E-state index is -0.566. The molecule has 0 spiro atoms. The molecule has 10 aromatic carbocycles. The SMILES string of the molecule is c1ccc(-c2ccc(N(c3ccc(-c4cccc5c4sc4ccccc45)cc3)c3cccc4c3-c3ccccc3C4(c3ccccc3)c3cccc(-c4ccccc4)c3)cc2)cc1. The molecule has 0 radical (unpaired) electrons. The van der Waals surface area contributed by atoms with Gasteiger partial charge in [-0.25, -0.2) is 0 Å². The first-order valence-electron chi connectivity index (χ1n) is 21.7. The summed E-state index contributed by atoms with van der Waals surface area (Å²) in [7, 11) is 0. The number of fused-ring (bicyclic) bond motifs is 6. The third-order valence-corrected chi connectivity index (χ3v) is 14.2. The zero-order valence-corrected chi connectivity index (χ0v) is 35.3. The summed E-state index contributed by atoms with van der Waals surface area (Å²) in [5, 5.41) is 2.63. The fourth-order valence-electron chi connectivity index (χ4n) is 10.2. The Morgan fingerprint density at radius 1 is 0.333 bits per heavy atom. The standard InChI is InChI=1S/C61H41NS/c1-4-17-42(18-5-1)44-33-37-49(38-34-44)62(50-39-35-45(36-40-50)51-27-15-28-53-52-25-11-13-32-58(52)63-60(51)53)57-31-16-30-56-59(57)54-26-10-12-29-55(54)61(56,47-22-8-3-9-23-47)48-24-14-21-46(41-48)43-19-6-2-7-20-43/h1-41H. The second kappa shape index (κ2) is 15.3. The quantitative estimate of drug-likeness (QED) is 0.148. The summed E-state index contributed by atoms with van der Waals surface area (Å²) < 4.78 is 2.64. The van der Waals surface area contributed by atoms with Gasteiger partial charge in [-0.3, -0.25) is 0 Å². The van der Waals surface area contributed by atoms with Crippen molar-refractivity contribution in [2.24, 2.45) is 0 Å². The highest BCUT2D eigenvalue weighted by Crippen LogP contribution is 2.60. The van der Waals surface area contributed by atoms with Crippen LogP contribution >= 0.6 is 11.3 Å². The van der Waals surface area contributed by atoms with Crippen molar-refractivity contribution in [3.63, 3.8) is 0 Å². The van der Waals surface area contributed by atoms with Crippen molar-refractivity contribution in [2.75, 3.05) is 4.90 Å². The molecule has 11 aromatic rings. The fraction of sp³-hybridized carbons (Fsp3) is 0.0164. The van der Waals surface area contributed by atoms with E-state index in [1.807, 2.05) is 11.3 Å².